The van der Waals surface area contributed by atoms with Gasteiger partial charge in [-0.1, -0.05) is 11.6 Å². The van der Waals surface area contributed by atoms with Gasteiger partial charge in [0.2, 0.25) is 0 Å². The van der Waals surface area contributed by atoms with Crippen molar-refractivity contribution >= 4 is 16.7 Å². The average molecular weight is 296 g/mol. The van der Waals surface area contributed by atoms with Gasteiger partial charge in [-0.2, -0.15) is 5.10 Å². The SMILES string of the molecule is CCOC(=O)Cn1nc(C(F)F)c2cc(C)ccc2c1=O. The standard InChI is InChI=1S/C14H14F2N2O3/c1-3-21-11(19)7-18-14(20)9-5-4-8(2)6-10(9)12(17-18)13(15)16/h4-6,13H,3,7H2,1-2H3. The summed E-state index contributed by atoms with van der Waals surface area (Å²) in [4.78, 5) is 23.6. The molecule has 1 aromatic heterocycles. The topological polar surface area (TPSA) is 61.2 Å². The largest absolute Gasteiger partial charge is 0.465 e. The van der Waals surface area contributed by atoms with E-state index in [0.717, 1.165) is 10.2 Å². The molecule has 0 amide bonds. The Balaban J connectivity index is 2.63. The predicted octanol–water partition coefficient (Wildman–Crippen LogP) is 2.21. The van der Waals surface area contributed by atoms with Crippen LogP contribution >= 0.6 is 0 Å². The maximum Gasteiger partial charge on any atom is 0.327 e. The van der Waals surface area contributed by atoms with Crippen LogP contribution in [-0.2, 0) is 16.1 Å². The molecule has 0 fully saturated rings. The van der Waals surface area contributed by atoms with Crippen molar-refractivity contribution in [2.45, 2.75) is 26.8 Å². The molecule has 0 aliphatic rings. The van der Waals surface area contributed by atoms with Crippen molar-refractivity contribution in [3.63, 3.8) is 0 Å². The van der Waals surface area contributed by atoms with Gasteiger partial charge in [-0.25, -0.2) is 13.5 Å². The summed E-state index contributed by atoms with van der Waals surface area (Å²) < 4.78 is 31.7. The summed E-state index contributed by atoms with van der Waals surface area (Å²) >= 11 is 0. The first-order valence-electron chi connectivity index (χ1n) is 6.39. The number of carbonyl (C=O) groups excluding carboxylic acids is 1. The predicted molar refractivity (Wildman–Crippen MR) is 72.3 cm³/mol. The summed E-state index contributed by atoms with van der Waals surface area (Å²) in [6, 6.07) is 4.59. The lowest BCUT2D eigenvalue weighted by Gasteiger charge is -2.10. The van der Waals surface area contributed by atoms with Gasteiger partial charge in [-0.05, 0) is 26.0 Å². The molecule has 0 unspecified atom stereocenters. The molecule has 2 aromatic rings. The highest BCUT2D eigenvalue weighted by atomic mass is 19.3. The van der Waals surface area contributed by atoms with Crippen LogP contribution in [0.4, 0.5) is 8.78 Å². The van der Waals surface area contributed by atoms with E-state index < -0.39 is 30.2 Å². The number of aryl methyl sites for hydroxylation is 1. The number of alkyl halides is 2. The molecule has 2 rings (SSSR count). The van der Waals surface area contributed by atoms with Crippen LogP contribution < -0.4 is 5.56 Å². The number of aromatic nitrogens is 2. The minimum atomic E-state index is -2.84. The van der Waals surface area contributed by atoms with Gasteiger partial charge < -0.3 is 4.74 Å². The van der Waals surface area contributed by atoms with Crippen molar-refractivity contribution in [2.75, 3.05) is 6.61 Å². The lowest BCUT2D eigenvalue weighted by atomic mass is 10.1. The summed E-state index contributed by atoms with van der Waals surface area (Å²) in [7, 11) is 0. The normalized spacial score (nSPS) is 11.1. The molecule has 0 saturated heterocycles. The smallest absolute Gasteiger partial charge is 0.327 e. The molecule has 0 saturated carbocycles. The van der Waals surface area contributed by atoms with E-state index in [9.17, 15) is 18.4 Å². The van der Waals surface area contributed by atoms with Crippen LogP contribution in [0.5, 0.6) is 0 Å². The first-order chi connectivity index (χ1) is 9.93. The third kappa shape index (κ3) is 3.07. The van der Waals surface area contributed by atoms with Crippen LogP contribution in [0.25, 0.3) is 10.8 Å². The van der Waals surface area contributed by atoms with E-state index in [-0.39, 0.29) is 17.4 Å². The molecule has 0 spiro atoms. The van der Waals surface area contributed by atoms with Crippen molar-refractivity contribution in [1.82, 2.24) is 9.78 Å². The van der Waals surface area contributed by atoms with E-state index >= 15 is 0 Å². The van der Waals surface area contributed by atoms with E-state index in [1.54, 1.807) is 19.9 Å². The summed E-state index contributed by atoms with van der Waals surface area (Å²) in [6.45, 7) is 3.00. The van der Waals surface area contributed by atoms with Gasteiger partial charge in [-0.15, -0.1) is 0 Å². The molecule has 1 aromatic carbocycles. The van der Waals surface area contributed by atoms with Crippen LogP contribution in [0.3, 0.4) is 0 Å². The lowest BCUT2D eigenvalue weighted by Crippen LogP contribution is -2.29. The number of esters is 1. The van der Waals surface area contributed by atoms with E-state index in [2.05, 4.69) is 5.10 Å². The molecule has 7 heteroatoms. The zero-order valence-corrected chi connectivity index (χ0v) is 11.6. The molecular formula is C14H14F2N2O3. The number of hydrogen-bond donors (Lipinski definition) is 0. The Bertz CT molecular complexity index is 741. The number of carbonyl (C=O) groups is 1. The molecule has 0 atom stereocenters. The van der Waals surface area contributed by atoms with Gasteiger partial charge in [0.25, 0.3) is 12.0 Å². The van der Waals surface area contributed by atoms with Crippen molar-refractivity contribution in [3.05, 3.63) is 39.8 Å². The molecule has 1 heterocycles. The third-order valence-corrected chi connectivity index (χ3v) is 2.94. The van der Waals surface area contributed by atoms with Crippen molar-refractivity contribution < 1.29 is 18.3 Å². The zero-order chi connectivity index (χ0) is 15.6. The first kappa shape index (κ1) is 15.1. The maximum atomic E-state index is 13.1. The maximum absolute atomic E-state index is 13.1. The van der Waals surface area contributed by atoms with Gasteiger partial charge >= 0.3 is 5.97 Å². The van der Waals surface area contributed by atoms with Gasteiger partial charge in [0, 0.05) is 5.39 Å². The Morgan fingerprint density at radius 3 is 2.71 bits per heavy atom. The van der Waals surface area contributed by atoms with E-state index in [1.807, 2.05) is 0 Å². The van der Waals surface area contributed by atoms with E-state index in [0.29, 0.717) is 0 Å². The van der Waals surface area contributed by atoms with E-state index in [1.165, 1.54) is 12.1 Å². The van der Waals surface area contributed by atoms with Crippen LogP contribution in [0.1, 0.15) is 24.6 Å². The number of halogens is 2. The molecular weight excluding hydrogens is 282 g/mol. The summed E-state index contributed by atoms with van der Waals surface area (Å²) in [5.41, 5.74) is -0.367. The molecule has 5 nitrogen and oxygen atoms in total. The summed E-state index contributed by atoms with van der Waals surface area (Å²) in [5.74, 6) is -0.696. The molecule has 0 radical (unpaired) electrons. The minimum absolute atomic E-state index is 0.107. The molecule has 0 bridgehead atoms. The van der Waals surface area contributed by atoms with Crippen LogP contribution in [0.15, 0.2) is 23.0 Å². The quantitative estimate of drug-likeness (QED) is 0.812. The zero-order valence-electron chi connectivity index (χ0n) is 11.6. The van der Waals surface area contributed by atoms with Gasteiger partial charge in [0.05, 0.1) is 12.0 Å². The highest BCUT2D eigenvalue weighted by Crippen LogP contribution is 2.24. The molecule has 0 aliphatic heterocycles. The molecule has 0 aliphatic carbocycles. The number of fused-ring (bicyclic) bond motifs is 1. The monoisotopic (exact) mass is 296 g/mol. The fraction of sp³-hybridized carbons (Fsp3) is 0.357. The highest BCUT2D eigenvalue weighted by Gasteiger charge is 2.19. The average Bonchev–Trinajstić information content (AvgIpc) is 2.41. The third-order valence-electron chi connectivity index (χ3n) is 2.94. The van der Waals surface area contributed by atoms with Gasteiger partial charge in [-0.3, -0.25) is 9.59 Å². The minimum Gasteiger partial charge on any atom is -0.465 e. The number of nitrogens with zero attached hydrogens (tertiary/aromatic N) is 2. The van der Waals surface area contributed by atoms with Crippen LogP contribution in [0, 0.1) is 6.92 Å². The molecule has 21 heavy (non-hydrogen) atoms. The Labute approximate surface area is 119 Å². The Morgan fingerprint density at radius 2 is 2.10 bits per heavy atom. The Morgan fingerprint density at radius 1 is 1.38 bits per heavy atom. The van der Waals surface area contributed by atoms with Crippen molar-refractivity contribution in [1.29, 1.82) is 0 Å². The highest BCUT2D eigenvalue weighted by molar-refractivity contribution is 5.84. The second kappa shape index (κ2) is 5.99. The number of benzene rings is 1. The van der Waals surface area contributed by atoms with Gasteiger partial charge in [0.15, 0.2) is 0 Å². The number of rotatable bonds is 4. The number of ether oxygens (including phenoxy) is 1. The summed E-state index contributed by atoms with van der Waals surface area (Å²) in [6.07, 6.45) is -2.84. The van der Waals surface area contributed by atoms with Crippen molar-refractivity contribution in [3.8, 4) is 0 Å². The second-order valence-corrected chi connectivity index (χ2v) is 4.50. The Kier molecular flexibility index (Phi) is 4.30. The molecule has 112 valence electrons. The Hall–Kier alpha value is -2.31. The second-order valence-electron chi connectivity index (χ2n) is 4.50. The fourth-order valence-corrected chi connectivity index (χ4v) is 2.02. The summed E-state index contributed by atoms with van der Waals surface area (Å²) in [5, 5.41) is 3.83. The van der Waals surface area contributed by atoms with Crippen molar-refractivity contribution in [2.24, 2.45) is 0 Å². The van der Waals surface area contributed by atoms with Gasteiger partial charge in [0.1, 0.15) is 12.2 Å². The lowest BCUT2D eigenvalue weighted by molar-refractivity contribution is -0.144. The van der Waals surface area contributed by atoms with E-state index in [4.69, 9.17) is 4.74 Å². The van der Waals surface area contributed by atoms with Crippen LogP contribution in [0.2, 0.25) is 0 Å². The van der Waals surface area contributed by atoms with Crippen LogP contribution in [-0.4, -0.2) is 22.4 Å². The fourth-order valence-electron chi connectivity index (χ4n) is 2.02. The number of hydrogen-bond acceptors (Lipinski definition) is 4. The first-order valence-corrected chi connectivity index (χ1v) is 6.39. The molecule has 0 N–H and O–H groups in total.